The lowest BCUT2D eigenvalue weighted by molar-refractivity contribution is -0.114. The van der Waals surface area contributed by atoms with Crippen LogP contribution in [0.1, 0.15) is 10.4 Å². The summed E-state index contributed by atoms with van der Waals surface area (Å²) in [6.07, 6.45) is 0. The van der Waals surface area contributed by atoms with E-state index >= 15 is 0 Å². The van der Waals surface area contributed by atoms with Crippen LogP contribution in [-0.2, 0) is 4.79 Å². The van der Waals surface area contributed by atoms with Gasteiger partial charge in [-0.1, -0.05) is 18.2 Å². The molecule has 0 spiro atoms. The second kappa shape index (κ2) is 9.43. The first-order chi connectivity index (χ1) is 14.0. The minimum Gasteiger partial charge on any atom is -0.495 e. The molecule has 0 bridgehead atoms. The van der Waals surface area contributed by atoms with Crippen LogP contribution >= 0.6 is 0 Å². The summed E-state index contributed by atoms with van der Waals surface area (Å²) < 4.78 is 5.37. The number of hydrogen-bond acceptors (Lipinski definition) is 5. The molecule has 0 unspecified atom stereocenters. The van der Waals surface area contributed by atoms with Gasteiger partial charge in [0.25, 0.3) is 5.91 Å². The summed E-state index contributed by atoms with van der Waals surface area (Å²) in [7, 11) is 5.46. The summed E-state index contributed by atoms with van der Waals surface area (Å²) in [4.78, 5) is 31.3. The average molecular weight is 396 g/mol. The molecule has 2 amide bonds. The molecule has 0 aliphatic carbocycles. The van der Waals surface area contributed by atoms with Gasteiger partial charge < -0.3 is 24.8 Å². The van der Waals surface area contributed by atoms with Crippen molar-refractivity contribution in [3.63, 3.8) is 0 Å². The molecule has 3 rings (SSSR count). The number of likely N-dealkylation sites (N-methyl/N-ethyl adjacent to an activating group) is 2. The Bertz CT molecular complexity index is 848. The fourth-order valence-electron chi connectivity index (χ4n) is 3.31. The van der Waals surface area contributed by atoms with Crippen molar-refractivity contribution < 1.29 is 14.3 Å². The van der Waals surface area contributed by atoms with E-state index in [2.05, 4.69) is 17.3 Å². The maximum atomic E-state index is 12.9. The van der Waals surface area contributed by atoms with Crippen LogP contribution in [0.25, 0.3) is 0 Å². The van der Waals surface area contributed by atoms with E-state index in [1.807, 2.05) is 47.2 Å². The number of ether oxygens (including phenoxy) is 1. The molecule has 1 aliphatic rings. The van der Waals surface area contributed by atoms with Crippen molar-refractivity contribution >= 4 is 23.2 Å². The Labute approximate surface area is 171 Å². The SMILES string of the molecule is COc1ccc(C(=O)N2CCN(C)CC2)cc1NC(=O)CN(C)c1ccccc1. The number of piperazine rings is 1. The highest BCUT2D eigenvalue weighted by atomic mass is 16.5. The Morgan fingerprint density at radius 2 is 1.76 bits per heavy atom. The molecule has 1 fully saturated rings. The van der Waals surface area contributed by atoms with E-state index in [1.54, 1.807) is 25.3 Å². The number of benzene rings is 2. The first-order valence-corrected chi connectivity index (χ1v) is 9.70. The molecule has 0 atom stereocenters. The Kier molecular flexibility index (Phi) is 6.72. The van der Waals surface area contributed by atoms with Crippen molar-refractivity contribution in [2.45, 2.75) is 0 Å². The first kappa shape index (κ1) is 20.7. The van der Waals surface area contributed by atoms with Gasteiger partial charge in [-0.25, -0.2) is 0 Å². The summed E-state index contributed by atoms with van der Waals surface area (Å²) in [6.45, 7) is 3.30. The molecule has 2 aromatic carbocycles. The van der Waals surface area contributed by atoms with E-state index in [0.29, 0.717) is 30.1 Å². The molecule has 1 saturated heterocycles. The number of nitrogens with zero attached hydrogens (tertiary/aromatic N) is 3. The second-order valence-electron chi connectivity index (χ2n) is 7.25. The second-order valence-corrected chi connectivity index (χ2v) is 7.25. The van der Waals surface area contributed by atoms with Crippen LogP contribution in [0, 0.1) is 0 Å². The minimum atomic E-state index is -0.182. The van der Waals surface area contributed by atoms with Crippen molar-refractivity contribution in [3.05, 3.63) is 54.1 Å². The monoisotopic (exact) mass is 396 g/mol. The molecule has 0 saturated carbocycles. The highest BCUT2D eigenvalue weighted by Gasteiger charge is 2.21. The zero-order valence-electron chi connectivity index (χ0n) is 17.2. The quantitative estimate of drug-likeness (QED) is 0.811. The van der Waals surface area contributed by atoms with Crippen molar-refractivity contribution in [3.8, 4) is 5.75 Å². The van der Waals surface area contributed by atoms with Gasteiger partial charge in [0.15, 0.2) is 0 Å². The van der Waals surface area contributed by atoms with Crippen LogP contribution in [0.2, 0.25) is 0 Å². The predicted molar refractivity (Wildman–Crippen MR) is 115 cm³/mol. The van der Waals surface area contributed by atoms with Gasteiger partial charge in [-0.15, -0.1) is 0 Å². The zero-order valence-corrected chi connectivity index (χ0v) is 17.2. The summed E-state index contributed by atoms with van der Waals surface area (Å²) in [5, 5.41) is 2.88. The van der Waals surface area contributed by atoms with Gasteiger partial charge in [0, 0.05) is 44.5 Å². The minimum absolute atomic E-state index is 0.0299. The molecule has 1 aliphatic heterocycles. The van der Waals surface area contributed by atoms with Gasteiger partial charge >= 0.3 is 0 Å². The highest BCUT2D eigenvalue weighted by Crippen LogP contribution is 2.26. The molecule has 29 heavy (non-hydrogen) atoms. The van der Waals surface area contributed by atoms with Crippen molar-refractivity contribution in [1.82, 2.24) is 9.80 Å². The van der Waals surface area contributed by atoms with E-state index in [9.17, 15) is 9.59 Å². The predicted octanol–water partition coefficient (Wildman–Crippen LogP) is 2.16. The lowest BCUT2D eigenvalue weighted by atomic mass is 10.1. The maximum absolute atomic E-state index is 12.9. The number of para-hydroxylation sites is 1. The molecular weight excluding hydrogens is 368 g/mol. The molecule has 7 heteroatoms. The van der Waals surface area contributed by atoms with Crippen LogP contribution in [-0.4, -0.2) is 75.5 Å². The van der Waals surface area contributed by atoms with Gasteiger partial charge in [0.05, 0.1) is 19.3 Å². The molecule has 154 valence electrons. The zero-order chi connectivity index (χ0) is 20.8. The Hall–Kier alpha value is -3.06. The standard InChI is InChI=1S/C22H28N4O3/c1-24-11-13-26(14-12-24)22(28)17-9-10-20(29-3)19(15-17)23-21(27)16-25(2)18-7-5-4-6-8-18/h4-10,15H,11-14,16H2,1-3H3,(H,23,27). The van der Waals surface area contributed by atoms with Gasteiger partial charge in [-0.2, -0.15) is 0 Å². The third kappa shape index (κ3) is 5.26. The smallest absolute Gasteiger partial charge is 0.254 e. The third-order valence-corrected chi connectivity index (χ3v) is 5.09. The number of anilines is 2. The van der Waals surface area contributed by atoms with Gasteiger partial charge in [-0.05, 0) is 37.4 Å². The van der Waals surface area contributed by atoms with Gasteiger partial charge in [0.2, 0.25) is 5.91 Å². The van der Waals surface area contributed by atoms with Crippen molar-refractivity contribution in [2.24, 2.45) is 0 Å². The summed E-state index contributed by atoms with van der Waals surface area (Å²) >= 11 is 0. The number of rotatable bonds is 6. The molecule has 7 nitrogen and oxygen atoms in total. The van der Waals surface area contributed by atoms with Crippen molar-refractivity contribution in [1.29, 1.82) is 0 Å². The van der Waals surface area contributed by atoms with Crippen LogP contribution in [0.3, 0.4) is 0 Å². The van der Waals surface area contributed by atoms with E-state index in [4.69, 9.17) is 4.74 Å². The van der Waals surface area contributed by atoms with Crippen LogP contribution in [0.15, 0.2) is 48.5 Å². The number of carbonyl (C=O) groups is 2. The number of carbonyl (C=O) groups excluding carboxylic acids is 2. The van der Waals surface area contributed by atoms with E-state index < -0.39 is 0 Å². The van der Waals surface area contributed by atoms with Crippen molar-refractivity contribution in [2.75, 3.05) is 64.1 Å². The van der Waals surface area contributed by atoms with Crippen LogP contribution in [0.5, 0.6) is 5.75 Å². The molecule has 0 radical (unpaired) electrons. The lowest BCUT2D eigenvalue weighted by Gasteiger charge is -2.32. The summed E-state index contributed by atoms with van der Waals surface area (Å²) in [5.74, 6) is 0.312. The number of amides is 2. The lowest BCUT2D eigenvalue weighted by Crippen LogP contribution is -2.47. The Balaban J connectivity index is 1.70. The summed E-state index contributed by atoms with van der Waals surface area (Å²) in [5.41, 5.74) is 2.00. The van der Waals surface area contributed by atoms with E-state index in [0.717, 1.165) is 18.8 Å². The molecule has 1 heterocycles. The third-order valence-electron chi connectivity index (χ3n) is 5.09. The fraction of sp³-hybridized carbons (Fsp3) is 0.364. The largest absolute Gasteiger partial charge is 0.495 e. The normalized spacial score (nSPS) is 14.4. The van der Waals surface area contributed by atoms with E-state index in [-0.39, 0.29) is 18.4 Å². The topological polar surface area (TPSA) is 65.1 Å². The molecule has 1 N–H and O–H groups in total. The van der Waals surface area contributed by atoms with Crippen LogP contribution < -0.4 is 15.0 Å². The molecular formula is C22H28N4O3. The van der Waals surface area contributed by atoms with E-state index in [1.165, 1.54) is 0 Å². The Morgan fingerprint density at radius 1 is 1.07 bits per heavy atom. The summed E-state index contributed by atoms with van der Waals surface area (Å²) in [6, 6.07) is 14.9. The molecule has 2 aromatic rings. The fourth-order valence-corrected chi connectivity index (χ4v) is 3.31. The van der Waals surface area contributed by atoms with Crippen LogP contribution in [0.4, 0.5) is 11.4 Å². The average Bonchev–Trinajstić information content (AvgIpc) is 2.74. The number of nitrogens with one attached hydrogen (secondary N) is 1. The maximum Gasteiger partial charge on any atom is 0.254 e. The number of methoxy groups -OCH3 is 1. The number of hydrogen-bond donors (Lipinski definition) is 1. The van der Waals surface area contributed by atoms with Gasteiger partial charge in [0.1, 0.15) is 5.75 Å². The Morgan fingerprint density at radius 3 is 2.41 bits per heavy atom. The van der Waals surface area contributed by atoms with Gasteiger partial charge in [-0.3, -0.25) is 9.59 Å². The first-order valence-electron chi connectivity index (χ1n) is 9.70. The highest BCUT2D eigenvalue weighted by molar-refractivity contribution is 5.99. The molecule has 0 aromatic heterocycles.